The fraction of sp³-hybridized carbons (Fsp3) is 0.0741. The largest absolute Gasteiger partial charge is 0.487 e. The lowest BCUT2D eigenvalue weighted by Crippen LogP contribution is -2.23. The average Bonchev–Trinajstić information content (AvgIpc) is 2.81. The Balaban J connectivity index is 1.69. The van der Waals surface area contributed by atoms with E-state index in [0.717, 1.165) is 16.7 Å². The minimum Gasteiger partial charge on any atom is -0.487 e. The molecule has 3 nitrogen and oxygen atoms in total. The van der Waals surface area contributed by atoms with E-state index in [1.807, 2.05) is 97.1 Å². The minimum atomic E-state index is -0.159. The zero-order valence-corrected chi connectivity index (χ0v) is 16.5. The number of hydrogen-bond donors (Lipinski definition) is 0. The van der Waals surface area contributed by atoms with Crippen molar-refractivity contribution in [3.8, 4) is 17.6 Å². The molecule has 0 aliphatic carbocycles. The smallest absolute Gasteiger partial charge is 0.270 e. The summed E-state index contributed by atoms with van der Waals surface area (Å²) < 4.78 is 7.65. The summed E-state index contributed by atoms with van der Waals surface area (Å²) in [7, 11) is 0. The SMILES string of the molecule is O=c1c(C#Cc2ccccc2)c(OCc2ccccc2)ccn1Cc1ccccc1. The first-order chi connectivity index (χ1) is 14.8. The van der Waals surface area contributed by atoms with Crippen LogP contribution in [0.15, 0.2) is 108 Å². The number of benzene rings is 3. The van der Waals surface area contributed by atoms with Crippen LogP contribution < -0.4 is 10.3 Å². The predicted molar refractivity (Wildman–Crippen MR) is 119 cm³/mol. The Morgan fingerprint density at radius 1 is 0.700 bits per heavy atom. The highest BCUT2D eigenvalue weighted by Gasteiger charge is 2.10. The summed E-state index contributed by atoms with van der Waals surface area (Å²) in [5.74, 6) is 6.64. The zero-order chi connectivity index (χ0) is 20.6. The summed E-state index contributed by atoms with van der Waals surface area (Å²) in [4.78, 5) is 13.2. The molecular weight excluding hydrogens is 370 g/mol. The molecule has 3 aromatic carbocycles. The van der Waals surface area contributed by atoms with Gasteiger partial charge in [-0.25, -0.2) is 0 Å². The molecule has 0 atom stereocenters. The summed E-state index contributed by atoms with van der Waals surface area (Å²) in [6.07, 6.45) is 1.77. The number of hydrogen-bond acceptors (Lipinski definition) is 2. The molecular formula is C27H21NO2. The Morgan fingerprint density at radius 2 is 1.30 bits per heavy atom. The second kappa shape index (κ2) is 9.45. The number of nitrogens with zero attached hydrogens (tertiary/aromatic N) is 1. The Labute approximate surface area is 176 Å². The van der Waals surface area contributed by atoms with Gasteiger partial charge in [-0.15, -0.1) is 0 Å². The molecule has 0 bridgehead atoms. The normalized spacial score (nSPS) is 10.1. The highest BCUT2D eigenvalue weighted by molar-refractivity contribution is 5.48. The second-order valence-electron chi connectivity index (χ2n) is 6.86. The summed E-state index contributed by atoms with van der Waals surface area (Å²) in [5.41, 5.74) is 3.15. The molecule has 0 unspecified atom stereocenters. The van der Waals surface area contributed by atoms with Gasteiger partial charge in [0, 0.05) is 11.8 Å². The van der Waals surface area contributed by atoms with Crippen molar-refractivity contribution in [2.75, 3.05) is 0 Å². The molecule has 0 fully saturated rings. The number of aromatic nitrogens is 1. The summed E-state index contributed by atoms with van der Waals surface area (Å²) in [6, 6.07) is 31.2. The van der Waals surface area contributed by atoms with Gasteiger partial charge in [0.05, 0.1) is 6.54 Å². The second-order valence-corrected chi connectivity index (χ2v) is 6.86. The van der Waals surface area contributed by atoms with Gasteiger partial charge in [-0.1, -0.05) is 90.7 Å². The van der Waals surface area contributed by atoms with Crippen molar-refractivity contribution < 1.29 is 4.74 Å². The maximum atomic E-state index is 13.2. The highest BCUT2D eigenvalue weighted by atomic mass is 16.5. The molecule has 1 aromatic heterocycles. The monoisotopic (exact) mass is 391 g/mol. The van der Waals surface area contributed by atoms with Gasteiger partial charge >= 0.3 is 0 Å². The molecule has 0 N–H and O–H groups in total. The van der Waals surface area contributed by atoms with E-state index in [-0.39, 0.29) is 5.56 Å². The quantitative estimate of drug-likeness (QED) is 0.454. The first-order valence-corrected chi connectivity index (χ1v) is 9.81. The van der Waals surface area contributed by atoms with Gasteiger partial charge in [-0.3, -0.25) is 4.79 Å². The fourth-order valence-corrected chi connectivity index (χ4v) is 3.09. The van der Waals surface area contributed by atoms with Crippen molar-refractivity contribution in [3.63, 3.8) is 0 Å². The lowest BCUT2D eigenvalue weighted by atomic mass is 10.2. The van der Waals surface area contributed by atoms with Gasteiger partial charge < -0.3 is 9.30 Å². The van der Waals surface area contributed by atoms with E-state index >= 15 is 0 Å². The third-order valence-electron chi connectivity index (χ3n) is 4.67. The molecule has 3 heteroatoms. The van der Waals surface area contributed by atoms with E-state index in [1.165, 1.54) is 0 Å². The molecule has 0 aliphatic rings. The van der Waals surface area contributed by atoms with E-state index in [2.05, 4.69) is 11.8 Å². The van der Waals surface area contributed by atoms with Crippen LogP contribution in [0.3, 0.4) is 0 Å². The maximum Gasteiger partial charge on any atom is 0.270 e. The molecule has 146 valence electrons. The molecule has 0 amide bonds. The van der Waals surface area contributed by atoms with Gasteiger partial charge in [0.1, 0.15) is 17.9 Å². The Kier molecular flexibility index (Phi) is 6.08. The van der Waals surface area contributed by atoms with Gasteiger partial charge in [0.15, 0.2) is 0 Å². The van der Waals surface area contributed by atoms with Gasteiger partial charge in [-0.05, 0) is 29.3 Å². The van der Waals surface area contributed by atoms with Crippen LogP contribution in [0.2, 0.25) is 0 Å². The first-order valence-electron chi connectivity index (χ1n) is 9.81. The van der Waals surface area contributed by atoms with Gasteiger partial charge in [0.25, 0.3) is 5.56 Å². The van der Waals surface area contributed by atoms with Crippen LogP contribution in [0.25, 0.3) is 0 Å². The summed E-state index contributed by atoms with van der Waals surface area (Å²) >= 11 is 0. The lowest BCUT2D eigenvalue weighted by molar-refractivity contribution is 0.304. The molecule has 0 saturated heterocycles. The third-order valence-corrected chi connectivity index (χ3v) is 4.67. The van der Waals surface area contributed by atoms with Crippen LogP contribution in [0.5, 0.6) is 5.75 Å². The molecule has 4 aromatic rings. The zero-order valence-electron chi connectivity index (χ0n) is 16.5. The molecule has 30 heavy (non-hydrogen) atoms. The van der Waals surface area contributed by atoms with Crippen LogP contribution in [-0.4, -0.2) is 4.57 Å². The van der Waals surface area contributed by atoms with E-state index < -0.39 is 0 Å². The Bertz CT molecular complexity index is 1220. The number of rotatable bonds is 5. The summed E-state index contributed by atoms with van der Waals surface area (Å²) in [6.45, 7) is 0.863. The van der Waals surface area contributed by atoms with E-state index in [9.17, 15) is 4.79 Å². The molecule has 0 saturated carbocycles. The standard InChI is InChI=1S/C27H21NO2/c29-27-25(17-16-22-10-4-1-5-11-22)26(30-21-24-14-8-3-9-15-24)18-19-28(27)20-23-12-6-2-7-13-23/h1-15,18-19H,20-21H2. The van der Waals surface area contributed by atoms with Crippen molar-refractivity contribution in [1.82, 2.24) is 4.57 Å². The molecule has 0 radical (unpaired) electrons. The van der Waals surface area contributed by atoms with Crippen LogP contribution in [0, 0.1) is 11.8 Å². The van der Waals surface area contributed by atoms with Crippen molar-refractivity contribution in [2.24, 2.45) is 0 Å². The van der Waals surface area contributed by atoms with Crippen molar-refractivity contribution in [1.29, 1.82) is 0 Å². The topological polar surface area (TPSA) is 31.2 Å². The van der Waals surface area contributed by atoms with Crippen LogP contribution in [0.1, 0.15) is 22.3 Å². The van der Waals surface area contributed by atoms with Crippen molar-refractivity contribution in [3.05, 3.63) is 136 Å². The first kappa shape index (κ1) is 19.3. The average molecular weight is 391 g/mol. The predicted octanol–water partition coefficient (Wildman–Crippen LogP) is 4.88. The van der Waals surface area contributed by atoms with Crippen molar-refractivity contribution >= 4 is 0 Å². The maximum absolute atomic E-state index is 13.2. The summed E-state index contributed by atoms with van der Waals surface area (Å²) in [5, 5.41) is 0. The minimum absolute atomic E-state index is 0.159. The van der Waals surface area contributed by atoms with E-state index in [0.29, 0.717) is 24.5 Å². The molecule has 1 heterocycles. The van der Waals surface area contributed by atoms with Gasteiger partial charge in [0.2, 0.25) is 0 Å². The van der Waals surface area contributed by atoms with Crippen LogP contribution in [-0.2, 0) is 13.2 Å². The number of pyridine rings is 1. The Hall–Kier alpha value is -4.03. The van der Waals surface area contributed by atoms with Crippen LogP contribution in [0.4, 0.5) is 0 Å². The van der Waals surface area contributed by atoms with Crippen LogP contribution >= 0.6 is 0 Å². The lowest BCUT2D eigenvalue weighted by Gasteiger charge is -2.12. The van der Waals surface area contributed by atoms with E-state index in [4.69, 9.17) is 4.74 Å². The number of ether oxygens (including phenoxy) is 1. The third kappa shape index (κ3) is 4.87. The van der Waals surface area contributed by atoms with Crippen molar-refractivity contribution in [2.45, 2.75) is 13.2 Å². The Morgan fingerprint density at radius 3 is 1.97 bits per heavy atom. The highest BCUT2D eigenvalue weighted by Crippen LogP contribution is 2.16. The van der Waals surface area contributed by atoms with Gasteiger partial charge in [-0.2, -0.15) is 0 Å². The fourth-order valence-electron chi connectivity index (χ4n) is 3.09. The molecule has 0 aliphatic heterocycles. The molecule has 0 spiro atoms. The molecule has 4 rings (SSSR count). The van der Waals surface area contributed by atoms with E-state index in [1.54, 1.807) is 10.8 Å².